The fraction of sp³-hybridized carbons (Fsp3) is 0.550. The molecule has 1 atom stereocenters. The van der Waals surface area contributed by atoms with E-state index in [1.807, 2.05) is 6.92 Å². The predicted octanol–water partition coefficient (Wildman–Crippen LogP) is 2.12. The van der Waals surface area contributed by atoms with E-state index < -0.39 is 9.84 Å². The largest absolute Gasteiger partial charge is 0.334 e. The van der Waals surface area contributed by atoms with Gasteiger partial charge in [0.25, 0.3) is 5.91 Å². The molecule has 0 spiro atoms. The number of carbonyl (C=O) groups excluding carboxylic acids is 2. The Bertz CT molecular complexity index is 899. The van der Waals surface area contributed by atoms with Crippen LogP contribution >= 0.6 is 0 Å². The van der Waals surface area contributed by atoms with Crippen molar-refractivity contribution in [1.29, 1.82) is 0 Å². The number of carbonyl (C=O) groups is 2. The highest BCUT2D eigenvalue weighted by Gasteiger charge is 2.37. The average molecular weight is 424 g/mol. The Labute approximate surface area is 170 Å². The molecule has 2 aliphatic heterocycles. The zero-order valence-electron chi connectivity index (χ0n) is 16.5. The molecule has 1 unspecified atom stereocenters. The van der Waals surface area contributed by atoms with E-state index in [1.165, 1.54) is 17.1 Å². The number of benzene rings is 1. The van der Waals surface area contributed by atoms with Gasteiger partial charge in [0.15, 0.2) is 9.84 Å². The zero-order valence-corrected chi connectivity index (χ0v) is 17.3. The number of hydrogen-bond donors (Lipinski definition) is 0. The third-order valence-electron chi connectivity index (χ3n) is 5.26. The number of nitrogens with zero attached hydrogens (tertiary/aromatic N) is 3. The van der Waals surface area contributed by atoms with Crippen LogP contribution in [0.4, 0.5) is 4.39 Å². The van der Waals surface area contributed by atoms with E-state index in [9.17, 15) is 22.4 Å². The molecule has 0 saturated carbocycles. The molecule has 2 aliphatic rings. The first-order valence-corrected chi connectivity index (χ1v) is 11.7. The number of halogens is 1. The van der Waals surface area contributed by atoms with Crippen molar-refractivity contribution in [2.24, 2.45) is 5.10 Å². The molecular weight excluding hydrogens is 397 g/mol. The van der Waals surface area contributed by atoms with Crippen molar-refractivity contribution in [1.82, 2.24) is 9.91 Å². The summed E-state index contributed by atoms with van der Waals surface area (Å²) in [5.74, 6) is -0.786. The maximum absolute atomic E-state index is 13.2. The number of amides is 2. The third kappa shape index (κ3) is 5.41. The van der Waals surface area contributed by atoms with Crippen LogP contribution in [0.2, 0.25) is 0 Å². The maximum Gasteiger partial charge on any atom is 0.270 e. The van der Waals surface area contributed by atoms with Gasteiger partial charge in [0.05, 0.1) is 18.1 Å². The molecule has 0 bridgehead atoms. The molecule has 0 aromatic heterocycles. The van der Waals surface area contributed by atoms with Crippen molar-refractivity contribution in [3.8, 4) is 0 Å². The van der Waals surface area contributed by atoms with Gasteiger partial charge in [-0.25, -0.2) is 17.8 Å². The van der Waals surface area contributed by atoms with Gasteiger partial charge in [-0.15, -0.1) is 0 Å². The summed E-state index contributed by atoms with van der Waals surface area (Å²) in [5, 5.41) is 5.53. The molecule has 9 heteroatoms. The minimum absolute atomic E-state index is 0.0199. The van der Waals surface area contributed by atoms with Gasteiger partial charge in [-0.3, -0.25) is 9.59 Å². The SMILES string of the molecule is CCCCN(C(=O)C1=NN(Cc2ccc(F)cc2)C(=O)CC1)C1CCS(=O)(=O)C1. The highest BCUT2D eigenvalue weighted by atomic mass is 32.2. The second-order valence-electron chi connectivity index (χ2n) is 7.53. The summed E-state index contributed by atoms with van der Waals surface area (Å²) in [7, 11) is -3.12. The van der Waals surface area contributed by atoms with E-state index in [1.54, 1.807) is 17.0 Å². The van der Waals surface area contributed by atoms with Crippen molar-refractivity contribution in [2.75, 3.05) is 18.1 Å². The lowest BCUT2D eigenvalue weighted by atomic mass is 10.1. The number of sulfone groups is 1. The van der Waals surface area contributed by atoms with Gasteiger partial charge in [-0.1, -0.05) is 25.5 Å². The molecule has 7 nitrogen and oxygen atoms in total. The van der Waals surface area contributed by atoms with Gasteiger partial charge in [-0.05, 0) is 30.5 Å². The van der Waals surface area contributed by atoms with Crippen LogP contribution in [-0.2, 0) is 26.0 Å². The Morgan fingerprint density at radius 2 is 2.00 bits per heavy atom. The van der Waals surface area contributed by atoms with Crippen LogP contribution in [0.15, 0.2) is 29.4 Å². The smallest absolute Gasteiger partial charge is 0.270 e. The van der Waals surface area contributed by atoms with Gasteiger partial charge in [0.2, 0.25) is 5.91 Å². The quantitative estimate of drug-likeness (QED) is 0.672. The second-order valence-corrected chi connectivity index (χ2v) is 9.76. The lowest BCUT2D eigenvalue weighted by Gasteiger charge is -2.31. The third-order valence-corrected chi connectivity index (χ3v) is 7.01. The van der Waals surface area contributed by atoms with Gasteiger partial charge >= 0.3 is 0 Å². The number of hydrogen-bond acceptors (Lipinski definition) is 5. The van der Waals surface area contributed by atoms with Crippen LogP contribution in [0, 0.1) is 5.82 Å². The van der Waals surface area contributed by atoms with Crippen LogP contribution < -0.4 is 0 Å². The van der Waals surface area contributed by atoms with Crippen LogP contribution in [0.5, 0.6) is 0 Å². The van der Waals surface area contributed by atoms with Gasteiger partial charge < -0.3 is 4.90 Å². The summed E-state index contributed by atoms with van der Waals surface area (Å²) in [6, 6.07) is 5.43. The van der Waals surface area contributed by atoms with E-state index >= 15 is 0 Å². The van der Waals surface area contributed by atoms with E-state index in [0.29, 0.717) is 18.5 Å². The molecule has 1 fully saturated rings. The molecule has 0 aliphatic carbocycles. The first-order chi connectivity index (χ1) is 13.8. The number of unbranched alkanes of at least 4 members (excludes halogenated alkanes) is 1. The molecule has 1 saturated heterocycles. The van der Waals surface area contributed by atoms with Crippen molar-refractivity contribution < 1.29 is 22.4 Å². The Morgan fingerprint density at radius 3 is 2.62 bits per heavy atom. The normalized spacial score (nSPS) is 21.2. The molecule has 0 radical (unpaired) electrons. The summed E-state index contributed by atoms with van der Waals surface area (Å²) in [4.78, 5) is 27.0. The van der Waals surface area contributed by atoms with E-state index in [0.717, 1.165) is 12.8 Å². The summed E-state index contributed by atoms with van der Waals surface area (Å²) >= 11 is 0. The summed E-state index contributed by atoms with van der Waals surface area (Å²) in [5.41, 5.74) is 0.981. The van der Waals surface area contributed by atoms with Crippen LogP contribution in [-0.4, -0.2) is 59.9 Å². The first kappa shape index (κ1) is 21.4. The van der Waals surface area contributed by atoms with Crippen molar-refractivity contribution in [3.63, 3.8) is 0 Å². The fourth-order valence-corrected chi connectivity index (χ4v) is 5.34. The standard InChI is InChI=1S/C20H26FN3O4S/c1-2-3-11-23(17-10-12-29(27,28)14-17)20(26)18-8-9-19(25)24(22-18)13-15-4-6-16(21)7-5-15/h4-7,17H,2-3,8-14H2,1H3. The lowest BCUT2D eigenvalue weighted by molar-refractivity contribution is -0.132. The Kier molecular flexibility index (Phi) is 6.66. The number of rotatable bonds is 7. The monoisotopic (exact) mass is 423 g/mol. The Balaban J connectivity index is 1.78. The molecule has 2 amide bonds. The van der Waals surface area contributed by atoms with Gasteiger partial charge in [-0.2, -0.15) is 5.10 Å². The summed E-state index contributed by atoms with van der Waals surface area (Å²) < 4.78 is 36.9. The minimum atomic E-state index is -3.12. The zero-order chi connectivity index (χ0) is 21.0. The first-order valence-electron chi connectivity index (χ1n) is 9.93. The van der Waals surface area contributed by atoms with Gasteiger partial charge in [0, 0.05) is 25.4 Å². The number of hydrazone groups is 1. The minimum Gasteiger partial charge on any atom is -0.334 e. The van der Waals surface area contributed by atoms with Crippen molar-refractivity contribution in [2.45, 2.75) is 51.6 Å². The average Bonchev–Trinajstić information content (AvgIpc) is 3.05. The fourth-order valence-electron chi connectivity index (χ4n) is 3.61. The molecule has 29 heavy (non-hydrogen) atoms. The molecule has 1 aromatic rings. The van der Waals surface area contributed by atoms with E-state index in [2.05, 4.69) is 5.10 Å². The van der Waals surface area contributed by atoms with Crippen LogP contribution in [0.1, 0.15) is 44.6 Å². The van der Waals surface area contributed by atoms with Crippen LogP contribution in [0.3, 0.4) is 0 Å². The highest BCUT2D eigenvalue weighted by molar-refractivity contribution is 7.91. The lowest BCUT2D eigenvalue weighted by Crippen LogP contribution is -2.47. The Hall–Kier alpha value is -2.29. The second kappa shape index (κ2) is 9.02. The summed E-state index contributed by atoms with van der Waals surface area (Å²) in [6.07, 6.45) is 2.48. The Morgan fingerprint density at radius 1 is 1.28 bits per heavy atom. The molecule has 3 rings (SSSR count). The molecule has 0 N–H and O–H groups in total. The van der Waals surface area contributed by atoms with Gasteiger partial charge in [0.1, 0.15) is 11.5 Å². The molecule has 2 heterocycles. The summed E-state index contributed by atoms with van der Waals surface area (Å²) in [6.45, 7) is 2.64. The van der Waals surface area contributed by atoms with Crippen molar-refractivity contribution >= 4 is 27.4 Å². The molecular formula is C20H26FN3O4S. The van der Waals surface area contributed by atoms with E-state index in [4.69, 9.17) is 0 Å². The maximum atomic E-state index is 13.2. The van der Waals surface area contributed by atoms with Crippen molar-refractivity contribution in [3.05, 3.63) is 35.6 Å². The topological polar surface area (TPSA) is 87.1 Å². The predicted molar refractivity (Wildman–Crippen MR) is 107 cm³/mol. The van der Waals surface area contributed by atoms with E-state index in [-0.39, 0.29) is 60.3 Å². The van der Waals surface area contributed by atoms with Crippen LogP contribution in [0.25, 0.3) is 0 Å². The highest BCUT2D eigenvalue weighted by Crippen LogP contribution is 2.21. The molecule has 1 aromatic carbocycles. The molecule has 158 valence electrons.